The van der Waals surface area contributed by atoms with Gasteiger partial charge in [0.05, 0.1) is 5.69 Å². The number of carbonyl (C=O) groups is 1. The molecule has 0 amide bonds. The minimum atomic E-state index is -0.170. The predicted octanol–water partition coefficient (Wildman–Crippen LogP) is 2.44. The molecule has 0 fully saturated rings. The minimum absolute atomic E-state index is 0.0807. The van der Waals surface area contributed by atoms with Gasteiger partial charge in [0, 0.05) is 12.6 Å². The maximum atomic E-state index is 11.4. The molecule has 0 aliphatic rings. The number of carbonyl (C=O) groups excluding carboxylic acids is 1. The number of rotatable bonds is 3. The summed E-state index contributed by atoms with van der Waals surface area (Å²) in [5.74, 6) is -0.251. The first-order valence-corrected chi connectivity index (χ1v) is 5.40. The van der Waals surface area contributed by atoms with Crippen LogP contribution in [-0.2, 0) is 0 Å². The van der Waals surface area contributed by atoms with Crippen LogP contribution < -0.4 is 0 Å². The van der Waals surface area contributed by atoms with E-state index in [9.17, 15) is 9.90 Å². The predicted molar refractivity (Wildman–Crippen MR) is 58.2 cm³/mol. The monoisotopic (exact) mass is 222 g/mol. The van der Waals surface area contributed by atoms with E-state index in [0.29, 0.717) is 16.3 Å². The van der Waals surface area contributed by atoms with Crippen molar-refractivity contribution in [1.29, 1.82) is 0 Å². The highest BCUT2D eigenvalue weighted by atomic mass is 32.1. The second kappa shape index (κ2) is 3.86. The molecule has 2 aromatic heterocycles. The molecular weight excluding hydrogens is 212 g/mol. The first-order chi connectivity index (χ1) is 7.22. The van der Waals surface area contributed by atoms with E-state index in [1.165, 1.54) is 11.3 Å². The van der Waals surface area contributed by atoms with E-state index in [0.717, 1.165) is 5.69 Å². The van der Waals surface area contributed by atoms with Crippen LogP contribution in [0.3, 0.4) is 0 Å². The maximum Gasteiger partial charge on any atom is 0.233 e. The van der Waals surface area contributed by atoms with E-state index >= 15 is 0 Å². The van der Waals surface area contributed by atoms with Gasteiger partial charge in [-0.1, -0.05) is 6.92 Å². The number of aromatic hydroxyl groups is 1. The molecule has 0 spiro atoms. The standard InChI is InChI=1S/C10H10N2O2S/c1-2-7(13)8-9(14)12-10(15-8)6-4-3-5-11-6/h3-5,11,14H,2H2,1H3. The Morgan fingerprint density at radius 3 is 3.07 bits per heavy atom. The van der Waals surface area contributed by atoms with Crippen molar-refractivity contribution < 1.29 is 9.90 Å². The summed E-state index contributed by atoms with van der Waals surface area (Å²) in [6.07, 6.45) is 2.15. The smallest absolute Gasteiger partial charge is 0.233 e. The Hall–Kier alpha value is -1.62. The molecule has 0 aliphatic heterocycles. The van der Waals surface area contributed by atoms with Gasteiger partial charge in [0.1, 0.15) is 9.88 Å². The van der Waals surface area contributed by atoms with Crippen LogP contribution in [0.15, 0.2) is 18.3 Å². The van der Waals surface area contributed by atoms with Gasteiger partial charge in [-0.05, 0) is 12.1 Å². The van der Waals surface area contributed by atoms with Crippen molar-refractivity contribution in [2.75, 3.05) is 0 Å². The van der Waals surface area contributed by atoms with E-state index < -0.39 is 0 Å². The third-order valence-electron chi connectivity index (χ3n) is 2.01. The van der Waals surface area contributed by atoms with Gasteiger partial charge in [-0.25, -0.2) is 0 Å². The SMILES string of the molecule is CCC(=O)c1sc(-c2ccc[nH]2)nc1O. The number of hydrogen-bond donors (Lipinski definition) is 2. The zero-order chi connectivity index (χ0) is 10.8. The Labute approximate surface area is 90.6 Å². The second-order valence-electron chi connectivity index (χ2n) is 3.03. The first-order valence-electron chi connectivity index (χ1n) is 4.59. The molecule has 0 saturated heterocycles. The van der Waals surface area contributed by atoms with Crippen LogP contribution in [0.2, 0.25) is 0 Å². The number of aromatic nitrogens is 2. The molecule has 0 radical (unpaired) electrons. The normalized spacial score (nSPS) is 10.5. The largest absolute Gasteiger partial charge is 0.492 e. The summed E-state index contributed by atoms with van der Waals surface area (Å²) in [7, 11) is 0. The summed E-state index contributed by atoms with van der Waals surface area (Å²) in [6.45, 7) is 1.76. The van der Waals surface area contributed by atoms with E-state index in [4.69, 9.17) is 0 Å². The quantitative estimate of drug-likeness (QED) is 0.784. The second-order valence-corrected chi connectivity index (χ2v) is 4.03. The van der Waals surface area contributed by atoms with E-state index in [1.807, 2.05) is 12.1 Å². The third-order valence-corrected chi connectivity index (χ3v) is 3.13. The molecule has 4 nitrogen and oxygen atoms in total. The number of thiazole rings is 1. The van der Waals surface area contributed by atoms with Gasteiger partial charge in [-0.3, -0.25) is 4.79 Å². The zero-order valence-electron chi connectivity index (χ0n) is 8.15. The molecule has 0 unspecified atom stereocenters. The van der Waals surface area contributed by atoms with Crippen molar-refractivity contribution in [2.24, 2.45) is 0 Å². The summed E-state index contributed by atoms with van der Waals surface area (Å²) in [5, 5.41) is 10.1. The zero-order valence-corrected chi connectivity index (χ0v) is 8.97. The number of H-pyrrole nitrogens is 1. The third kappa shape index (κ3) is 1.78. The fourth-order valence-electron chi connectivity index (χ4n) is 1.23. The molecule has 0 atom stereocenters. The Balaban J connectivity index is 2.41. The fraction of sp³-hybridized carbons (Fsp3) is 0.200. The number of nitrogens with zero attached hydrogens (tertiary/aromatic N) is 1. The molecule has 0 aliphatic carbocycles. The molecular formula is C10H10N2O2S. The van der Waals surface area contributed by atoms with Crippen LogP contribution in [0.25, 0.3) is 10.7 Å². The Bertz CT molecular complexity index is 474. The van der Waals surface area contributed by atoms with Crippen LogP contribution >= 0.6 is 11.3 Å². The molecule has 2 rings (SSSR count). The molecule has 78 valence electrons. The van der Waals surface area contributed by atoms with Crippen LogP contribution in [-0.4, -0.2) is 20.9 Å². The molecule has 2 N–H and O–H groups in total. The Morgan fingerprint density at radius 2 is 2.47 bits per heavy atom. The van der Waals surface area contributed by atoms with Crippen LogP contribution in [0.4, 0.5) is 0 Å². The van der Waals surface area contributed by atoms with Gasteiger partial charge in [-0.2, -0.15) is 4.98 Å². The highest BCUT2D eigenvalue weighted by molar-refractivity contribution is 7.17. The van der Waals surface area contributed by atoms with Crippen LogP contribution in [0.1, 0.15) is 23.0 Å². The van der Waals surface area contributed by atoms with Gasteiger partial charge in [-0.15, -0.1) is 11.3 Å². The molecule has 0 saturated carbocycles. The van der Waals surface area contributed by atoms with Crippen molar-refractivity contribution in [2.45, 2.75) is 13.3 Å². The van der Waals surface area contributed by atoms with Crippen molar-refractivity contribution in [1.82, 2.24) is 9.97 Å². The summed E-state index contributed by atoms with van der Waals surface area (Å²) in [4.78, 5) is 18.7. The van der Waals surface area contributed by atoms with Crippen molar-refractivity contribution in [3.63, 3.8) is 0 Å². The number of ketones is 1. The lowest BCUT2D eigenvalue weighted by Crippen LogP contribution is -1.92. The van der Waals surface area contributed by atoms with Gasteiger partial charge >= 0.3 is 0 Å². The average Bonchev–Trinajstić information content (AvgIpc) is 2.84. The topological polar surface area (TPSA) is 66.0 Å². The maximum absolute atomic E-state index is 11.4. The van der Waals surface area contributed by atoms with Crippen LogP contribution in [0, 0.1) is 0 Å². The Kier molecular flexibility index (Phi) is 2.55. The van der Waals surface area contributed by atoms with Gasteiger partial charge in [0.15, 0.2) is 5.78 Å². The molecule has 0 bridgehead atoms. The van der Waals surface area contributed by atoms with E-state index in [1.54, 1.807) is 13.1 Å². The lowest BCUT2D eigenvalue weighted by molar-refractivity contribution is 0.0989. The molecule has 2 heterocycles. The number of nitrogens with one attached hydrogen (secondary N) is 1. The van der Waals surface area contributed by atoms with Crippen molar-refractivity contribution in [3.05, 3.63) is 23.2 Å². The highest BCUT2D eigenvalue weighted by Gasteiger charge is 2.17. The summed E-state index contributed by atoms with van der Waals surface area (Å²) in [5.41, 5.74) is 0.811. The van der Waals surface area contributed by atoms with E-state index in [-0.39, 0.29) is 11.7 Å². The summed E-state index contributed by atoms with van der Waals surface area (Å²) >= 11 is 1.21. The number of hydrogen-bond acceptors (Lipinski definition) is 4. The lowest BCUT2D eigenvalue weighted by atomic mass is 10.3. The van der Waals surface area contributed by atoms with Gasteiger partial charge in [0.2, 0.25) is 5.88 Å². The minimum Gasteiger partial charge on any atom is -0.492 e. The first kappa shape index (κ1) is 9.92. The number of Topliss-reactive ketones (excluding diaryl/α,β-unsaturated/α-hetero) is 1. The van der Waals surface area contributed by atoms with E-state index in [2.05, 4.69) is 9.97 Å². The summed E-state index contributed by atoms with van der Waals surface area (Å²) < 4.78 is 0. The molecule has 0 aromatic carbocycles. The van der Waals surface area contributed by atoms with Gasteiger partial charge < -0.3 is 10.1 Å². The fourth-order valence-corrected chi connectivity index (χ4v) is 2.19. The van der Waals surface area contributed by atoms with Crippen molar-refractivity contribution >= 4 is 17.1 Å². The Morgan fingerprint density at radius 1 is 1.67 bits per heavy atom. The molecule has 15 heavy (non-hydrogen) atoms. The molecule has 2 aromatic rings. The summed E-state index contributed by atoms with van der Waals surface area (Å²) in [6, 6.07) is 3.69. The molecule has 5 heteroatoms. The average molecular weight is 222 g/mol. The van der Waals surface area contributed by atoms with Crippen molar-refractivity contribution in [3.8, 4) is 16.6 Å². The highest BCUT2D eigenvalue weighted by Crippen LogP contribution is 2.31. The lowest BCUT2D eigenvalue weighted by Gasteiger charge is -1.89. The number of aromatic amines is 1. The van der Waals surface area contributed by atoms with Crippen LogP contribution in [0.5, 0.6) is 5.88 Å². The van der Waals surface area contributed by atoms with Gasteiger partial charge in [0.25, 0.3) is 0 Å².